The van der Waals surface area contributed by atoms with Crippen molar-refractivity contribution < 1.29 is 23.9 Å². The fraction of sp³-hybridized carbons (Fsp3) is 0.464. The molecular formula is C28H36N4O5. The number of carbonyl (C=O) groups excluding carboxylic acids is 3. The summed E-state index contributed by atoms with van der Waals surface area (Å²) in [5.74, 6) is -0.230. The summed E-state index contributed by atoms with van der Waals surface area (Å²) in [7, 11) is 0. The number of carbonyl (C=O) groups is 3. The van der Waals surface area contributed by atoms with Crippen LogP contribution in [0.3, 0.4) is 0 Å². The van der Waals surface area contributed by atoms with Crippen molar-refractivity contribution >= 4 is 29.1 Å². The highest BCUT2D eigenvalue weighted by Crippen LogP contribution is 2.27. The van der Waals surface area contributed by atoms with Gasteiger partial charge in [0.05, 0.1) is 19.1 Å². The molecule has 0 spiro atoms. The number of hydrogen-bond donors (Lipinski definition) is 2. The average Bonchev–Trinajstić information content (AvgIpc) is 3.27. The largest absolute Gasteiger partial charge is 0.484 e. The third-order valence-electron chi connectivity index (χ3n) is 6.57. The molecule has 2 aliphatic rings. The molecule has 2 fully saturated rings. The monoisotopic (exact) mass is 508 g/mol. The van der Waals surface area contributed by atoms with Gasteiger partial charge in [0.25, 0.3) is 5.91 Å². The molecule has 37 heavy (non-hydrogen) atoms. The lowest BCUT2D eigenvalue weighted by Crippen LogP contribution is -2.39. The molecule has 9 nitrogen and oxygen atoms in total. The summed E-state index contributed by atoms with van der Waals surface area (Å²) in [6, 6.07) is 12.9. The molecule has 198 valence electrons. The Hall–Kier alpha value is -3.43. The number of amides is 3. The zero-order chi connectivity index (χ0) is 26.2. The number of rotatable bonds is 10. The second-order valence-electron chi connectivity index (χ2n) is 9.71. The van der Waals surface area contributed by atoms with Gasteiger partial charge >= 0.3 is 0 Å². The van der Waals surface area contributed by atoms with Gasteiger partial charge in [-0.2, -0.15) is 0 Å². The van der Waals surface area contributed by atoms with E-state index in [1.807, 2.05) is 32.0 Å². The van der Waals surface area contributed by atoms with Gasteiger partial charge in [-0.15, -0.1) is 0 Å². The molecule has 2 N–H and O–H groups in total. The average molecular weight is 509 g/mol. The topological polar surface area (TPSA) is 100 Å². The van der Waals surface area contributed by atoms with Gasteiger partial charge in [0.15, 0.2) is 6.61 Å². The Kier molecular flexibility index (Phi) is 9.14. The standard InChI is InChI=1S/C28H36N4O5/c1-20-14-21(2)16-23(15-20)30-26(33)19-37-25-6-4-24(5-7-25)32-18-22(17-27(32)34)28(35)29-8-3-9-31-10-12-36-13-11-31/h4-7,14-16,22H,3,8-13,17-19H2,1-2H3,(H,29,35)(H,30,33)/t22-/m1/s1. The van der Waals surface area contributed by atoms with Crippen molar-refractivity contribution in [1.82, 2.24) is 10.2 Å². The van der Waals surface area contributed by atoms with E-state index in [1.54, 1.807) is 29.2 Å². The molecule has 0 bridgehead atoms. The molecule has 2 aromatic rings. The van der Waals surface area contributed by atoms with E-state index in [9.17, 15) is 14.4 Å². The van der Waals surface area contributed by atoms with Crippen LogP contribution in [0, 0.1) is 19.8 Å². The quantitative estimate of drug-likeness (QED) is 0.479. The first-order chi connectivity index (χ1) is 17.9. The molecule has 0 aliphatic carbocycles. The van der Waals surface area contributed by atoms with Crippen molar-refractivity contribution in [3.8, 4) is 5.75 Å². The number of nitrogens with zero attached hydrogens (tertiary/aromatic N) is 2. The minimum Gasteiger partial charge on any atom is -0.484 e. The summed E-state index contributed by atoms with van der Waals surface area (Å²) in [5, 5.41) is 5.83. The van der Waals surface area contributed by atoms with E-state index in [0.29, 0.717) is 24.5 Å². The lowest BCUT2D eigenvalue weighted by molar-refractivity contribution is -0.126. The molecular weight excluding hydrogens is 472 g/mol. The lowest BCUT2D eigenvalue weighted by Gasteiger charge is -2.26. The van der Waals surface area contributed by atoms with Crippen LogP contribution in [0.5, 0.6) is 5.75 Å². The molecule has 2 aromatic carbocycles. The molecule has 3 amide bonds. The molecule has 0 radical (unpaired) electrons. The first kappa shape index (κ1) is 26.6. The normalized spacial score (nSPS) is 18.1. The van der Waals surface area contributed by atoms with E-state index in [0.717, 1.165) is 56.1 Å². The van der Waals surface area contributed by atoms with Crippen LogP contribution in [0.1, 0.15) is 24.0 Å². The van der Waals surface area contributed by atoms with Crippen molar-refractivity contribution in [3.63, 3.8) is 0 Å². The lowest BCUT2D eigenvalue weighted by atomic mass is 10.1. The van der Waals surface area contributed by atoms with Gasteiger partial charge in [-0.05, 0) is 74.3 Å². The zero-order valence-electron chi connectivity index (χ0n) is 21.6. The second kappa shape index (κ2) is 12.7. The van der Waals surface area contributed by atoms with Crippen molar-refractivity contribution in [3.05, 3.63) is 53.6 Å². The highest BCUT2D eigenvalue weighted by Gasteiger charge is 2.35. The van der Waals surface area contributed by atoms with E-state index >= 15 is 0 Å². The van der Waals surface area contributed by atoms with E-state index in [4.69, 9.17) is 9.47 Å². The Balaban J connectivity index is 1.20. The minimum absolute atomic E-state index is 0.0741. The molecule has 4 rings (SSSR count). The van der Waals surface area contributed by atoms with E-state index < -0.39 is 0 Å². The van der Waals surface area contributed by atoms with Gasteiger partial charge in [-0.3, -0.25) is 19.3 Å². The fourth-order valence-corrected chi connectivity index (χ4v) is 4.73. The van der Waals surface area contributed by atoms with Crippen molar-refractivity contribution in [2.75, 3.05) is 62.8 Å². The summed E-state index contributed by atoms with van der Waals surface area (Å²) in [6.45, 7) is 9.13. The van der Waals surface area contributed by atoms with Gasteiger partial charge in [0, 0.05) is 44.0 Å². The molecule has 1 atom stereocenters. The molecule has 2 heterocycles. The molecule has 0 aromatic heterocycles. The summed E-state index contributed by atoms with van der Waals surface area (Å²) >= 11 is 0. The van der Waals surface area contributed by atoms with Gasteiger partial charge in [-0.1, -0.05) is 6.07 Å². The maximum absolute atomic E-state index is 12.6. The number of nitrogens with one attached hydrogen (secondary N) is 2. The van der Waals surface area contributed by atoms with Gasteiger partial charge in [-0.25, -0.2) is 0 Å². The predicted octanol–water partition coefficient (Wildman–Crippen LogP) is 2.51. The van der Waals surface area contributed by atoms with Gasteiger partial charge < -0.3 is 25.0 Å². The molecule has 0 unspecified atom stereocenters. The second-order valence-corrected chi connectivity index (χ2v) is 9.71. The Morgan fingerprint density at radius 3 is 2.46 bits per heavy atom. The van der Waals surface area contributed by atoms with E-state index in [1.165, 1.54) is 0 Å². The van der Waals surface area contributed by atoms with Gasteiger partial charge in [0.1, 0.15) is 5.75 Å². The third kappa shape index (κ3) is 7.77. The van der Waals surface area contributed by atoms with Crippen molar-refractivity contribution in [2.45, 2.75) is 26.7 Å². The first-order valence-corrected chi connectivity index (χ1v) is 12.9. The van der Waals surface area contributed by atoms with Crippen LogP contribution in [-0.2, 0) is 19.1 Å². The van der Waals surface area contributed by atoms with Crippen molar-refractivity contribution in [2.24, 2.45) is 5.92 Å². The van der Waals surface area contributed by atoms with Crippen LogP contribution in [0.25, 0.3) is 0 Å². The number of anilines is 2. The maximum atomic E-state index is 12.6. The zero-order valence-corrected chi connectivity index (χ0v) is 21.6. The number of ether oxygens (including phenoxy) is 2. The maximum Gasteiger partial charge on any atom is 0.262 e. The van der Waals surface area contributed by atoms with Crippen molar-refractivity contribution in [1.29, 1.82) is 0 Å². The molecule has 0 saturated carbocycles. The number of morpholine rings is 1. The summed E-state index contributed by atoms with van der Waals surface area (Å²) in [4.78, 5) is 41.4. The number of benzene rings is 2. The predicted molar refractivity (Wildman–Crippen MR) is 142 cm³/mol. The molecule has 2 saturated heterocycles. The summed E-state index contributed by atoms with van der Waals surface area (Å²) < 4.78 is 11.0. The first-order valence-electron chi connectivity index (χ1n) is 12.9. The van der Waals surface area contributed by atoms with Crippen LogP contribution in [0.15, 0.2) is 42.5 Å². The van der Waals surface area contributed by atoms with Crippen LogP contribution < -0.4 is 20.3 Å². The highest BCUT2D eigenvalue weighted by molar-refractivity contribution is 6.00. The van der Waals surface area contributed by atoms with Crippen LogP contribution >= 0.6 is 0 Å². The SMILES string of the molecule is Cc1cc(C)cc(NC(=O)COc2ccc(N3C[C@H](C(=O)NCCCN4CCOCC4)CC3=O)cc2)c1. The van der Waals surface area contributed by atoms with Crippen LogP contribution in [0.4, 0.5) is 11.4 Å². The number of hydrogen-bond acceptors (Lipinski definition) is 6. The molecule has 9 heteroatoms. The Labute approximate surface area is 218 Å². The van der Waals surface area contributed by atoms with Crippen LogP contribution in [0.2, 0.25) is 0 Å². The summed E-state index contributed by atoms with van der Waals surface area (Å²) in [5.41, 5.74) is 3.60. The van der Waals surface area contributed by atoms with E-state index in [2.05, 4.69) is 15.5 Å². The Bertz CT molecular complexity index is 1080. The van der Waals surface area contributed by atoms with E-state index in [-0.39, 0.29) is 36.7 Å². The molecule has 2 aliphatic heterocycles. The van der Waals surface area contributed by atoms with Gasteiger partial charge in [0.2, 0.25) is 11.8 Å². The fourth-order valence-electron chi connectivity index (χ4n) is 4.73. The highest BCUT2D eigenvalue weighted by atomic mass is 16.5. The van der Waals surface area contributed by atoms with Crippen LogP contribution in [-0.4, -0.2) is 75.2 Å². The smallest absolute Gasteiger partial charge is 0.262 e. The number of aryl methyl sites for hydroxylation is 2. The summed E-state index contributed by atoms with van der Waals surface area (Å²) in [6.07, 6.45) is 1.08. The third-order valence-corrected chi connectivity index (χ3v) is 6.57. The Morgan fingerprint density at radius 2 is 1.76 bits per heavy atom. The Morgan fingerprint density at radius 1 is 1.05 bits per heavy atom. The minimum atomic E-state index is -0.360.